The molecule has 0 heterocycles. The van der Waals surface area contributed by atoms with Crippen LogP contribution in [-0.4, -0.2) is 21.6 Å². The van der Waals surface area contributed by atoms with Crippen LogP contribution in [0.3, 0.4) is 0 Å². The predicted molar refractivity (Wildman–Crippen MR) is 72.6 cm³/mol. The molecule has 0 aliphatic heterocycles. The first-order valence-electron chi connectivity index (χ1n) is 4.83. The number of methoxy groups -OCH3 is 1. The lowest BCUT2D eigenvalue weighted by atomic mass is 10.1. The van der Waals surface area contributed by atoms with Gasteiger partial charge in [-0.25, -0.2) is 5.14 Å². The van der Waals surface area contributed by atoms with E-state index < -0.39 is 22.5 Å². The Balaban J connectivity index is 2.96. The van der Waals surface area contributed by atoms with Gasteiger partial charge in [-0.15, -0.1) is 0 Å². The molecule has 0 aliphatic carbocycles. The number of nitrogens with two attached hydrogens (primary N) is 1. The molecular formula is C10H14INO4S. The zero-order chi connectivity index (χ0) is 13.1. The van der Waals surface area contributed by atoms with E-state index in [9.17, 15) is 8.42 Å². The fourth-order valence-corrected chi connectivity index (χ4v) is 2.76. The standard InChI is InChI=1S/C10H14INO4S/c1-7(16-17(12,13)14)10(15-2)8-5-3-4-6-9(8)11/h3-7,10H,1-2H3,(H2,12,13,14). The van der Waals surface area contributed by atoms with E-state index in [1.54, 1.807) is 6.92 Å². The Kier molecular flexibility index (Phi) is 5.32. The molecule has 5 nitrogen and oxygen atoms in total. The highest BCUT2D eigenvalue weighted by Crippen LogP contribution is 2.27. The van der Waals surface area contributed by atoms with Crippen molar-refractivity contribution in [1.29, 1.82) is 0 Å². The third kappa shape index (κ3) is 4.51. The Hall–Kier alpha value is -0.220. The van der Waals surface area contributed by atoms with Crippen molar-refractivity contribution in [2.75, 3.05) is 7.11 Å². The smallest absolute Gasteiger partial charge is 0.333 e. The molecule has 2 atom stereocenters. The highest BCUT2D eigenvalue weighted by Gasteiger charge is 2.24. The Morgan fingerprint density at radius 1 is 1.35 bits per heavy atom. The predicted octanol–water partition coefficient (Wildman–Crippen LogP) is 1.59. The number of benzene rings is 1. The molecular weight excluding hydrogens is 357 g/mol. The second kappa shape index (κ2) is 6.10. The molecule has 0 radical (unpaired) electrons. The van der Waals surface area contributed by atoms with E-state index in [2.05, 4.69) is 22.6 Å². The van der Waals surface area contributed by atoms with Crippen LogP contribution >= 0.6 is 22.6 Å². The average Bonchev–Trinajstić information content (AvgIpc) is 2.19. The summed E-state index contributed by atoms with van der Waals surface area (Å²) in [6, 6.07) is 7.51. The van der Waals surface area contributed by atoms with E-state index in [4.69, 9.17) is 14.1 Å². The molecule has 96 valence electrons. The van der Waals surface area contributed by atoms with Crippen molar-refractivity contribution in [1.82, 2.24) is 0 Å². The molecule has 2 N–H and O–H groups in total. The minimum Gasteiger partial charge on any atom is -0.374 e. The second-order valence-electron chi connectivity index (χ2n) is 3.47. The third-order valence-corrected chi connectivity index (χ3v) is 3.73. The van der Waals surface area contributed by atoms with Gasteiger partial charge in [0, 0.05) is 10.7 Å². The van der Waals surface area contributed by atoms with E-state index in [1.165, 1.54) is 7.11 Å². The van der Waals surface area contributed by atoms with Crippen LogP contribution < -0.4 is 5.14 Å². The van der Waals surface area contributed by atoms with Crippen LogP contribution in [0.4, 0.5) is 0 Å². The average molecular weight is 371 g/mol. The molecule has 0 bridgehead atoms. The van der Waals surface area contributed by atoms with Crippen molar-refractivity contribution in [2.24, 2.45) is 5.14 Å². The maximum Gasteiger partial charge on any atom is 0.333 e. The third-order valence-electron chi connectivity index (χ3n) is 2.18. The molecule has 7 heteroatoms. The summed E-state index contributed by atoms with van der Waals surface area (Å²) in [5.74, 6) is 0. The summed E-state index contributed by atoms with van der Waals surface area (Å²) in [4.78, 5) is 0. The van der Waals surface area contributed by atoms with Crippen LogP contribution in [0.15, 0.2) is 24.3 Å². The van der Waals surface area contributed by atoms with Crippen LogP contribution in [0.1, 0.15) is 18.6 Å². The Morgan fingerprint density at radius 3 is 2.41 bits per heavy atom. The molecule has 0 aliphatic rings. The summed E-state index contributed by atoms with van der Waals surface area (Å²) in [6.45, 7) is 1.60. The van der Waals surface area contributed by atoms with Crippen LogP contribution in [0.5, 0.6) is 0 Å². The molecule has 17 heavy (non-hydrogen) atoms. The van der Waals surface area contributed by atoms with Crippen molar-refractivity contribution in [3.8, 4) is 0 Å². The van der Waals surface area contributed by atoms with E-state index in [0.29, 0.717) is 0 Å². The highest BCUT2D eigenvalue weighted by molar-refractivity contribution is 14.1. The molecule has 2 unspecified atom stereocenters. The first-order valence-corrected chi connectivity index (χ1v) is 7.38. The Bertz CT molecular complexity index is 477. The molecule has 1 aromatic carbocycles. The number of hydrogen-bond acceptors (Lipinski definition) is 4. The van der Waals surface area contributed by atoms with Gasteiger partial charge in [-0.1, -0.05) is 18.2 Å². The van der Waals surface area contributed by atoms with Crippen molar-refractivity contribution in [3.05, 3.63) is 33.4 Å². The van der Waals surface area contributed by atoms with Crippen molar-refractivity contribution in [2.45, 2.75) is 19.1 Å². The van der Waals surface area contributed by atoms with E-state index in [-0.39, 0.29) is 0 Å². The number of hydrogen-bond donors (Lipinski definition) is 1. The Labute approximate surface area is 115 Å². The van der Waals surface area contributed by atoms with Crippen molar-refractivity contribution in [3.63, 3.8) is 0 Å². The van der Waals surface area contributed by atoms with Crippen LogP contribution in [0.2, 0.25) is 0 Å². The Morgan fingerprint density at radius 2 is 1.94 bits per heavy atom. The molecule has 0 saturated heterocycles. The maximum atomic E-state index is 10.9. The molecule has 1 aromatic rings. The second-order valence-corrected chi connectivity index (χ2v) is 5.81. The number of halogens is 1. The quantitative estimate of drug-likeness (QED) is 0.798. The van der Waals surface area contributed by atoms with Crippen molar-refractivity contribution >= 4 is 32.9 Å². The van der Waals surface area contributed by atoms with Gasteiger partial charge in [0.15, 0.2) is 0 Å². The van der Waals surface area contributed by atoms with Gasteiger partial charge in [0.25, 0.3) is 0 Å². The van der Waals surface area contributed by atoms with Crippen molar-refractivity contribution < 1.29 is 17.3 Å². The lowest BCUT2D eigenvalue weighted by Crippen LogP contribution is -2.28. The molecule has 0 aromatic heterocycles. The largest absolute Gasteiger partial charge is 0.374 e. The van der Waals surface area contributed by atoms with Gasteiger partial charge in [0.1, 0.15) is 12.2 Å². The fraction of sp³-hybridized carbons (Fsp3) is 0.400. The highest BCUT2D eigenvalue weighted by atomic mass is 127. The van der Waals surface area contributed by atoms with E-state index >= 15 is 0 Å². The molecule has 1 rings (SSSR count). The maximum absolute atomic E-state index is 10.9. The topological polar surface area (TPSA) is 78.6 Å². The molecule has 0 amide bonds. The zero-order valence-electron chi connectivity index (χ0n) is 9.46. The molecule has 0 spiro atoms. The fourth-order valence-electron chi connectivity index (χ4n) is 1.54. The van der Waals surface area contributed by atoms with Gasteiger partial charge >= 0.3 is 10.3 Å². The minimum absolute atomic E-state index is 0.485. The lowest BCUT2D eigenvalue weighted by molar-refractivity contribution is 0.0120. The van der Waals surface area contributed by atoms with Gasteiger partial charge in [0.2, 0.25) is 0 Å². The molecule has 0 fully saturated rings. The normalized spacial score (nSPS) is 15.5. The summed E-state index contributed by atoms with van der Waals surface area (Å²) < 4.78 is 32.7. The lowest BCUT2D eigenvalue weighted by Gasteiger charge is -2.22. The van der Waals surface area contributed by atoms with Gasteiger partial charge in [-0.2, -0.15) is 8.42 Å². The number of rotatable bonds is 5. The van der Waals surface area contributed by atoms with E-state index in [0.717, 1.165) is 9.13 Å². The monoisotopic (exact) mass is 371 g/mol. The first-order chi connectivity index (χ1) is 7.85. The zero-order valence-corrected chi connectivity index (χ0v) is 12.4. The van der Waals surface area contributed by atoms with Crippen LogP contribution in [0.25, 0.3) is 0 Å². The van der Waals surface area contributed by atoms with Gasteiger partial charge in [-0.05, 0) is 41.1 Å². The summed E-state index contributed by atoms with van der Waals surface area (Å²) >= 11 is 2.15. The molecule has 0 saturated carbocycles. The van der Waals surface area contributed by atoms with Crippen LogP contribution in [0, 0.1) is 3.57 Å². The SMILES string of the molecule is COC(c1ccccc1I)C(C)OS(N)(=O)=O. The summed E-state index contributed by atoms with van der Waals surface area (Å²) in [6.07, 6.45) is -1.17. The summed E-state index contributed by atoms with van der Waals surface area (Å²) in [5.41, 5.74) is 0.867. The van der Waals surface area contributed by atoms with Gasteiger partial charge in [-0.3, -0.25) is 4.18 Å². The van der Waals surface area contributed by atoms with Gasteiger partial charge < -0.3 is 4.74 Å². The first kappa shape index (κ1) is 14.8. The van der Waals surface area contributed by atoms with E-state index in [1.807, 2.05) is 24.3 Å². The summed E-state index contributed by atoms with van der Waals surface area (Å²) in [5, 5.41) is 4.84. The van der Waals surface area contributed by atoms with Gasteiger partial charge in [0.05, 0.1) is 0 Å². The minimum atomic E-state index is -3.98. The number of ether oxygens (including phenoxy) is 1. The summed E-state index contributed by atoms with van der Waals surface area (Å²) in [7, 11) is -2.48. The van der Waals surface area contributed by atoms with Crippen LogP contribution in [-0.2, 0) is 19.2 Å².